The van der Waals surface area contributed by atoms with Crippen molar-refractivity contribution in [1.82, 2.24) is 9.88 Å². The number of fused-ring (bicyclic) bond motifs is 1. The summed E-state index contributed by atoms with van der Waals surface area (Å²) in [7, 11) is 1.65. The van der Waals surface area contributed by atoms with Gasteiger partial charge in [0.2, 0.25) is 5.88 Å². The third-order valence-corrected chi connectivity index (χ3v) is 6.23. The van der Waals surface area contributed by atoms with Crippen LogP contribution in [0.5, 0.6) is 11.6 Å². The molecule has 0 saturated carbocycles. The molecule has 0 N–H and O–H groups in total. The van der Waals surface area contributed by atoms with Gasteiger partial charge >= 0.3 is 0 Å². The van der Waals surface area contributed by atoms with Gasteiger partial charge in [0.05, 0.1) is 7.11 Å². The first-order chi connectivity index (χ1) is 16.3. The van der Waals surface area contributed by atoms with E-state index in [1.54, 1.807) is 13.3 Å². The number of rotatable bonds is 7. The van der Waals surface area contributed by atoms with Gasteiger partial charge in [0.15, 0.2) is 0 Å². The Hall–Kier alpha value is -3.63. The van der Waals surface area contributed by atoms with E-state index in [9.17, 15) is 0 Å². The van der Waals surface area contributed by atoms with Gasteiger partial charge in [-0.15, -0.1) is 0 Å². The van der Waals surface area contributed by atoms with Crippen LogP contribution in [0.25, 0.3) is 11.1 Å². The zero-order chi connectivity index (χ0) is 22.5. The lowest BCUT2D eigenvalue weighted by Gasteiger charge is -2.36. The Morgan fingerprint density at radius 1 is 0.879 bits per heavy atom. The molecule has 1 aromatic heterocycles. The van der Waals surface area contributed by atoms with Crippen molar-refractivity contribution in [3.05, 3.63) is 114 Å². The molecular weight excluding hydrogens is 408 g/mol. The second-order valence-electron chi connectivity index (χ2n) is 8.41. The molecule has 5 rings (SSSR count). The van der Waals surface area contributed by atoms with Gasteiger partial charge in [0, 0.05) is 37.0 Å². The molecule has 0 radical (unpaired) electrons. The van der Waals surface area contributed by atoms with E-state index in [0.29, 0.717) is 12.5 Å². The van der Waals surface area contributed by atoms with Crippen molar-refractivity contribution in [3.63, 3.8) is 0 Å². The molecule has 0 bridgehead atoms. The first kappa shape index (κ1) is 21.2. The lowest BCUT2D eigenvalue weighted by Crippen LogP contribution is -2.42. The minimum absolute atomic E-state index is 0.266. The molecule has 166 valence electrons. The summed E-state index contributed by atoms with van der Waals surface area (Å²) in [5.41, 5.74) is 6.14. The number of hydrogen-bond donors (Lipinski definition) is 0. The fourth-order valence-electron chi connectivity index (χ4n) is 4.54. The van der Waals surface area contributed by atoms with E-state index in [0.717, 1.165) is 30.8 Å². The largest absolute Gasteiger partial charge is 0.492 e. The number of aromatic nitrogens is 1. The minimum Gasteiger partial charge on any atom is -0.492 e. The highest BCUT2D eigenvalue weighted by atomic mass is 16.5. The molecule has 4 nitrogen and oxygen atoms in total. The second-order valence-corrected chi connectivity index (χ2v) is 8.41. The lowest BCUT2D eigenvalue weighted by molar-refractivity contribution is 0.106. The predicted octanol–water partition coefficient (Wildman–Crippen LogP) is 5.76. The lowest BCUT2D eigenvalue weighted by atomic mass is 9.92. The number of nitrogens with zero attached hydrogens (tertiary/aromatic N) is 2. The zero-order valence-electron chi connectivity index (χ0n) is 18.9. The van der Waals surface area contributed by atoms with Gasteiger partial charge in [-0.3, -0.25) is 4.90 Å². The van der Waals surface area contributed by atoms with Gasteiger partial charge < -0.3 is 9.47 Å². The summed E-state index contributed by atoms with van der Waals surface area (Å²) in [5, 5.41) is 0. The van der Waals surface area contributed by atoms with Crippen molar-refractivity contribution in [3.8, 4) is 22.8 Å². The topological polar surface area (TPSA) is 34.6 Å². The summed E-state index contributed by atoms with van der Waals surface area (Å²) in [6, 6.07) is 32.0. The summed E-state index contributed by atoms with van der Waals surface area (Å²) in [4.78, 5) is 6.81. The van der Waals surface area contributed by atoms with Crippen molar-refractivity contribution in [2.75, 3.05) is 13.7 Å². The molecule has 1 unspecified atom stereocenters. The van der Waals surface area contributed by atoms with Crippen LogP contribution in [0.15, 0.2) is 97.2 Å². The maximum atomic E-state index is 6.32. The Balaban J connectivity index is 1.46. The summed E-state index contributed by atoms with van der Waals surface area (Å²) in [6.45, 7) is 2.43. The molecule has 33 heavy (non-hydrogen) atoms. The summed E-state index contributed by atoms with van der Waals surface area (Å²) >= 11 is 0. The fraction of sp³-hybridized carbons (Fsp3) is 0.207. The van der Waals surface area contributed by atoms with Crippen LogP contribution in [0.1, 0.15) is 16.7 Å². The van der Waals surface area contributed by atoms with E-state index in [4.69, 9.17) is 9.47 Å². The molecule has 0 aliphatic carbocycles. The quantitative estimate of drug-likeness (QED) is 0.369. The van der Waals surface area contributed by atoms with Crippen LogP contribution in [-0.2, 0) is 19.5 Å². The van der Waals surface area contributed by atoms with Gasteiger partial charge in [-0.1, -0.05) is 72.8 Å². The van der Waals surface area contributed by atoms with E-state index in [1.807, 2.05) is 12.1 Å². The normalized spacial score (nSPS) is 15.0. The van der Waals surface area contributed by atoms with Crippen LogP contribution in [-0.4, -0.2) is 29.6 Å². The number of methoxy groups -OCH3 is 1. The molecular formula is C29H28N2O2. The first-order valence-electron chi connectivity index (χ1n) is 11.4. The highest BCUT2D eigenvalue weighted by Crippen LogP contribution is 2.36. The van der Waals surface area contributed by atoms with E-state index in [-0.39, 0.29) is 6.04 Å². The smallest absolute Gasteiger partial charge is 0.213 e. The van der Waals surface area contributed by atoms with Crippen molar-refractivity contribution in [2.24, 2.45) is 0 Å². The molecule has 0 spiro atoms. The molecule has 1 aliphatic heterocycles. The number of benzene rings is 3. The second kappa shape index (κ2) is 9.88. The number of pyridine rings is 1. The van der Waals surface area contributed by atoms with Gasteiger partial charge in [-0.25, -0.2) is 4.98 Å². The Bertz CT molecular complexity index is 1150. The zero-order valence-corrected chi connectivity index (χ0v) is 18.9. The van der Waals surface area contributed by atoms with E-state index >= 15 is 0 Å². The standard InChI is InChI=1S/C29H28N2O2/c1-32-29-17-24(15-16-30-29)26-13-8-14-28-27(26)18-25(21-33-28)31(19-22-9-4-2-5-10-22)20-23-11-6-3-7-12-23/h2-17,25H,18-21H2,1H3. The third-order valence-electron chi connectivity index (χ3n) is 6.23. The third kappa shape index (κ3) is 4.91. The molecule has 1 atom stereocenters. The highest BCUT2D eigenvalue weighted by molar-refractivity contribution is 5.71. The van der Waals surface area contributed by atoms with Crippen LogP contribution in [0.3, 0.4) is 0 Å². The Morgan fingerprint density at radius 3 is 2.24 bits per heavy atom. The van der Waals surface area contributed by atoms with Gasteiger partial charge in [0.1, 0.15) is 12.4 Å². The number of hydrogen-bond acceptors (Lipinski definition) is 4. The van der Waals surface area contributed by atoms with Gasteiger partial charge in [-0.05, 0) is 40.8 Å². The monoisotopic (exact) mass is 436 g/mol. The van der Waals surface area contributed by atoms with Crippen molar-refractivity contribution in [1.29, 1.82) is 0 Å². The molecule has 4 heteroatoms. The fourth-order valence-corrected chi connectivity index (χ4v) is 4.54. The van der Waals surface area contributed by atoms with Crippen LogP contribution in [0.4, 0.5) is 0 Å². The summed E-state index contributed by atoms with van der Waals surface area (Å²) < 4.78 is 11.7. The van der Waals surface area contributed by atoms with Crippen molar-refractivity contribution < 1.29 is 9.47 Å². The maximum absolute atomic E-state index is 6.32. The van der Waals surface area contributed by atoms with Crippen LogP contribution in [0, 0.1) is 0 Å². The Kier molecular flexibility index (Phi) is 6.36. The van der Waals surface area contributed by atoms with Crippen LogP contribution >= 0.6 is 0 Å². The SMILES string of the molecule is COc1cc(-c2cccc3c2CC(N(Cc2ccccc2)Cc2ccccc2)CO3)ccn1. The van der Waals surface area contributed by atoms with Crippen LogP contribution < -0.4 is 9.47 Å². The summed E-state index contributed by atoms with van der Waals surface area (Å²) in [5.74, 6) is 1.59. The molecule has 4 aromatic rings. The molecule has 1 aliphatic rings. The molecule has 3 aromatic carbocycles. The van der Waals surface area contributed by atoms with Crippen molar-refractivity contribution in [2.45, 2.75) is 25.6 Å². The van der Waals surface area contributed by atoms with E-state index < -0.39 is 0 Å². The predicted molar refractivity (Wildman–Crippen MR) is 131 cm³/mol. The van der Waals surface area contributed by atoms with E-state index in [2.05, 4.69) is 88.7 Å². The average molecular weight is 437 g/mol. The van der Waals surface area contributed by atoms with Gasteiger partial charge in [0.25, 0.3) is 0 Å². The Morgan fingerprint density at radius 2 is 1.58 bits per heavy atom. The number of ether oxygens (including phenoxy) is 2. The molecule has 0 fully saturated rings. The summed E-state index contributed by atoms with van der Waals surface area (Å²) in [6.07, 6.45) is 2.72. The molecule has 0 amide bonds. The Labute approximate surface area is 195 Å². The highest BCUT2D eigenvalue weighted by Gasteiger charge is 2.28. The van der Waals surface area contributed by atoms with Crippen molar-refractivity contribution >= 4 is 0 Å². The van der Waals surface area contributed by atoms with Gasteiger partial charge in [-0.2, -0.15) is 0 Å². The van der Waals surface area contributed by atoms with E-state index in [1.165, 1.54) is 22.3 Å². The molecule has 2 heterocycles. The first-order valence-corrected chi connectivity index (χ1v) is 11.4. The van der Waals surface area contributed by atoms with Crippen LogP contribution in [0.2, 0.25) is 0 Å². The minimum atomic E-state index is 0.266. The molecule has 0 saturated heterocycles. The maximum Gasteiger partial charge on any atom is 0.213 e. The average Bonchev–Trinajstić information content (AvgIpc) is 2.89.